The van der Waals surface area contributed by atoms with Crippen LogP contribution in [0.25, 0.3) is 0 Å². The van der Waals surface area contributed by atoms with Crippen molar-refractivity contribution in [1.29, 1.82) is 0 Å². The summed E-state index contributed by atoms with van der Waals surface area (Å²) in [4.78, 5) is 0. The molecule has 106 valence electrons. The highest BCUT2D eigenvalue weighted by atomic mass is 35.5. The van der Waals surface area contributed by atoms with E-state index in [1.807, 2.05) is 43.3 Å². The maximum absolute atomic E-state index is 6.21. The molecule has 2 rings (SSSR count). The van der Waals surface area contributed by atoms with Crippen molar-refractivity contribution in [3.05, 3.63) is 58.1 Å². The molecule has 0 aliphatic heterocycles. The monoisotopic (exact) mass is 310 g/mol. The summed E-state index contributed by atoms with van der Waals surface area (Å²) >= 11 is 12.1. The summed E-state index contributed by atoms with van der Waals surface area (Å²) < 4.78 is 11.2. The smallest absolute Gasteiger partial charge is 0.166 e. The minimum atomic E-state index is 0.369. The number of para-hydroxylation sites is 1. The van der Waals surface area contributed by atoms with Gasteiger partial charge in [0.05, 0.1) is 13.0 Å². The number of hydrogen-bond donors (Lipinski definition) is 0. The predicted molar refractivity (Wildman–Crippen MR) is 83.1 cm³/mol. The Morgan fingerprint density at radius 1 is 1.10 bits per heavy atom. The van der Waals surface area contributed by atoms with Gasteiger partial charge in [0.1, 0.15) is 6.61 Å². The third kappa shape index (κ3) is 3.38. The number of aryl methyl sites for hydroxylation is 1. The fourth-order valence-electron chi connectivity index (χ4n) is 1.91. The first kappa shape index (κ1) is 15.0. The van der Waals surface area contributed by atoms with E-state index in [0.29, 0.717) is 29.0 Å². The number of hydrogen-bond acceptors (Lipinski definition) is 2. The molecule has 0 spiro atoms. The molecule has 0 aliphatic rings. The number of methoxy groups -OCH3 is 1. The van der Waals surface area contributed by atoms with Crippen LogP contribution in [-0.4, -0.2) is 7.11 Å². The zero-order valence-corrected chi connectivity index (χ0v) is 13.0. The van der Waals surface area contributed by atoms with Crippen LogP contribution in [0, 0.1) is 6.92 Å². The molecule has 0 saturated carbocycles. The van der Waals surface area contributed by atoms with Crippen LogP contribution >= 0.6 is 23.2 Å². The van der Waals surface area contributed by atoms with Crippen molar-refractivity contribution in [1.82, 2.24) is 0 Å². The Kier molecular flexibility index (Phi) is 5.16. The maximum atomic E-state index is 6.21. The Hall–Kier alpha value is -1.38. The molecule has 0 heterocycles. The predicted octanol–water partition coefficient (Wildman–Crippen LogP) is 4.97. The molecule has 0 amide bonds. The summed E-state index contributed by atoms with van der Waals surface area (Å²) in [7, 11) is 1.61. The third-order valence-electron chi connectivity index (χ3n) is 3.00. The van der Waals surface area contributed by atoms with Crippen molar-refractivity contribution in [3.63, 3.8) is 0 Å². The van der Waals surface area contributed by atoms with Gasteiger partial charge in [-0.2, -0.15) is 0 Å². The fraction of sp³-hybridized carbons (Fsp3) is 0.250. The van der Waals surface area contributed by atoms with Crippen LogP contribution in [0.15, 0.2) is 36.4 Å². The molecular weight excluding hydrogens is 295 g/mol. The largest absolute Gasteiger partial charge is 0.493 e. The van der Waals surface area contributed by atoms with Crippen LogP contribution < -0.4 is 9.47 Å². The maximum Gasteiger partial charge on any atom is 0.166 e. The molecule has 0 saturated heterocycles. The number of alkyl halides is 1. The highest BCUT2D eigenvalue weighted by molar-refractivity contribution is 6.31. The SMILES string of the molecule is COc1cccc(CCl)c1OCc1ccc(C)cc1Cl. The van der Waals surface area contributed by atoms with Gasteiger partial charge in [-0.3, -0.25) is 0 Å². The summed E-state index contributed by atoms with van der Waals surface area (Å²) in [6.45, 7) is 2.38. The Labute approximate surface area is 129 Å². The lowest BCUT2D eigenvalue weighted by molar-refractivity contribution is 0.282. The van der Waals surface area contributed by atoms with E-state index in [1.54, 1.807) is 7.11 Å². The molecule has 0 atom stereocenters. The Bertz CT molecular complexity index is 575. The van der Waals surface area contributed by atoms with Crippen molar-refractivity contribution in [3.8, 4) is 11.5 Å². The highest BCUT2D eigenvalue weighted by Gasteiger charge is 2.11. The molecule has 2 aromatic carbocycles. The molecule has 0 unspecified atom stereocenters. The van der Waals surface area contributed by atoms with Crippen LogP contribution in [0.4, 0.5) is 0 Å². The van der Waals surface area contributed by atoms with Gasteiger partial charge in [0.2, 0.25) is 0 Å². The van der Waals surface area contributed by atoms with Gasteiger partial charge in [-0.1, -0.05) is 35.9 Å². The van der Waals surface area contributed by atoms with Crippen LogP contribution in [0.3, 0.4) is 0 Å². The average molecular weight is 311 g/mol. The van der Waals surface area contributed by atoms with Crippen LogP contribution in [-0.2, 0) is 12.5 Å². The van der Waals surface area contributed by atoms with Gasteiger partial charge in [-0.05, 0) is 24.6 Å². The molecule has 2 nitrogen and oxygen atoms in total. The fourth-order valence-corrected chi connectivity index (χ4v) is 2.41. The van der Waals surface area contributed by atoms with Gasteiger partial charge in [0.25, 0.3) is 0 Å². The van der Waals surface area contributed by atoms with E-state index in [0.717, 1.165) is 16.7 Å². The van der Waals surface area contributed by atoms with E-state index in [9.17, 15) is 0 Å². The Morgan fingerprint density at radius 2 is 1.90 bits per heavy atom. The van der Waals surface area contributed by atoms with Gasteiger partial charge in [0.15, 0.2) is 11.5 Å². The summed E-state index contributed by atoms with van der Waals surface area (Å²) in [6.07, 6.45) is 0. The molecule has 0 N–H and O–H groups in total. The van der Waals surface area contributed by atoms with E-state index >= 15 is 0 Å². The quantitative estimate of drug-likeness (QED) is 0.725. The second-order valence-corrected chi connectivity index (χ2v) is 5.14. The minimum Gasteiger partial charge on any atom is -0.493 e. The lowest BCUT2D eigenvalue weighted by atomic mass is 10.1. The third-order valence-corrected chi connectivity index (χ3v) is 3.64. The van der Waals surface area contributed by atoms with E-state index in [4.69, 9.17) is 32.7 Å². The first-order valence-electron chi connectivity index (χ1n) is 6.25. The standard InChI is InChI=1S/C16H16Cl2O2/c1-11-6-7-13(14(18)8-11)10-20-16-12(9-17)4-3-5-15(16)19-2/h3-8H,9-10H2,1-2H3. The van der Waals surface area contributed by atoms with Crippen LogP contribution in [0.2, 0.25) is 5.02 Å². The van der Waals surface area contributed by atoms with Gasteiger partial charge in [0, 0.05) is 16.1 Å². The van der Waals surface area contributed by atoms with E-state index < -0.39 is 0 Å². The van der Waals surface area contributed by atoms with E-state index in [2.05, 4.69) is 0 Å². The number of benzene rings is 2. The lowest BCUT2D eigenvalue weighted by Gasteiger charge is -2.14. The Morgan fingerprint density at radius 3 is 2.55 bits per heavy atom. The molecule has 0 aromatic heterocycles. The zero-order chi connectivity index (χ0) is 14.5. The van der Waals surface area contributed by atoms with E-state index in [-0.39, 0.29) is 0 Å². The molecular formula is C16H16Cl2O2. The van der Waals surface area contributed by atoms with Gasteiger partial charge in [-0.15, -0.1) is 11.6 Å². The molecule has 4 heteroatoms. The zero-order valence-electron chi connectivity index (χ0n) is 11.5. The summed E-state index contributed by atoms with van der Waals surface area (Å²) in [5.74, 6) is 1.71. The van der Waals surface area contributed by atoms with Crippen molar-refractivity contribution < 1.29 is 9.47 Å². The molecule has 20 heavy (non-hydrogen) atoms. The lowest BCUT2D eigenvalue weighted by Crippen LogP contribution is -2.01. The summed E-state index contributed by atoms with van der Waals surface area (Å²) in [5.41, 5.74) is 2.95. The molecule has 0 fully saturated rings. The topological polar surface area (TPSA) is 18.5 Å². The van der Waals surface area contributed by atoms with Crippen LogP contribution in [0.1, 0.15) is 16.7 Å². The number of rotatable bonds is 5. The van der Waals surface area contributed by atoms with Gasteiger partial charge in [-0.25, -0.2) is 0 Å². The molecule has 0 bridgehead atoms. The normalized spacial score (nSPS) is 10.4. The number of ether oxygens (including phenoxy) is 2. The Balaban J connectivity index is 2.22. The van der Waals surface area contributed by atoms with Gasteiger partial charge >= 0.3 is 0 Å². The second kappa shape index (κ2) is 6.87. The van der Waals surface area contributed by atoms with Crippen LogP contribution in [0.5, 0.6) is 11.5 Å². The number of halogens is 2. The van der Waals surface area contributed by atoms with Crippen molar-refractivity contribution in [2.45, 2.75) is 19.4 Å². The molecule has 0 radical (unpaired) electrons. The van der Waals surface area contributed by atoms with Crippen molar-refractivity contribution in [2.75, 3.05) is 7.11 Å². The first-order valence-corrected chi connectivity index (χ1v) is 7.16. The minimum absolute atomic E-state index is 0.369. The van der Waals surface area contributed by atoms with E-state index in [1.165, 1.54) is 0 Å². The van der Waals surface area contributed by atoms with Gasteiger partial charge < -0.3 is 9.47 Å². The average Bonchev–Trinajstić information content (AvgIpc) is 2.46. The molecule has 0 aliphatic carbocycles. The van der Waals surface area contributed by atoms with Crippen molar-refractivity contribution >= 4 is 23.2 Å². The summed E-state index contributed by atoms with van der Waals surface area (Å²) in [5, 5.41) is 0.701. The summed E-state index contributed by atoms with van der Waals surface area (Å²) in [6, 6.07) is 11.6. The highest BCUT2D eigenvalue weighted by Crippen LogP contribution is 2.33. The van der Waals surface area contributed by atoms with Crippen molar-refractivity contribution in [2.24, 2.45) is 0 Å². The first-order chi connectivity index (χ1) is 9.65. The molecule has 2 aromatic rings. The second-order valence-electron chi connectivity index (χ2n) is 4.47.